The highest BCUT2D eigenvalue weighted by Gasteiger charge is 1.93. The third-order valence-electron chi connectivity index (χ3n) is 1.57. The zero-order valence-electron chi connectivity index (χ0n) is 7.64. The Bertz CT molecular complexity index is 118. The molecule has 4 nitrogen and oxygen atoms in total. The molecule has 0 aliphatic rings. The van der Waals surface area contributed by atoms with E-state index in [1.54, 1.807) is 0 Å². The van der Waals surface area contributed by atoms with Gasteiger partial charge in [0, 0.05) is 0 Å². The van der Waals surface area contributed by atoms with Gasteiger partial charge in [0.2, 0.25) is 0 Å². The normalized spacial score (nSPS) is 9.75. The summed E-state index contributed by atoms with van der Waals surface area (Å²) >= 11 is 0. The van der Waals surface area contributed by atoms with Gasteiger partial charge in [-0.2, -0.15) is 0 Å². The van der Waals surface area contributed by atoms with Crippen LogP contribution in [0.15, 0.2) is 0 Å². The minimum atomic E-state index is -0.676. The van der Waals surface area contributed by atoms with Crippen LogP contribution in [0, 0.1) is 0 Å². The second kappa shape index (κ2) is 8.33. The minimum absolute atomic E-state index is 0.453. The number of carbonyl (C=O) groups is 1. The maximum absolute atomic E-state index is 10.1. The zero-order chi connectivity index (χ0) is 9.23. The van der Waals surface area contributed by atoms with Gasteiger partial charge in [0.15, 0.2) is 0 Å². The lowest BCUT2D eigenvalue weighted by atomic mass is 10.2. The van der Waals surface area contributed by atoms with Gasteiger partial charge in [0.1, 0.15) is 0 Å². The van der Waals surface area contributed by atoms with E-state index in [0.717, 1.165) is 19.4 Å². The highest BCUT2D eigenvalue weighted by Crippen LogP contribution is 1.98. The van der Waals surface area contributed by atoms with Crippen molar-refractivity contribution in [3.8, 4) is 0 Å². The third-order valence-corrected chi connectivity index (χ3v) is 1.57. The first-order chi connectivity index (χ1) is 5.77. The van der Waals surface area contributed by atoms with Crippen LogP contribution in [-0.2, 0) is 4.74 Å². The van der Waals surface area contributed by atoms with Gasteiger partial charge in [0.25, 0.3) is 0 Å². The van der Waals surface area contributed by atoms with Gasteiger partial charge in [-0.25, -0.2) is 4.79 Å². The minimum Gasteiger partial charge on any atom is -0.450 e. The molecule has 3 N–H and O–H groups in total. The van der Waals surface area contributed by atoms with Gasteiger partial charge >= 0.3 is 6.09 Å². The number of nitrogens with one attached hydrogen (secondary N) is 1. The average molecular weight is 174 g/mol. The number of carbonyl (C=O) groups excluding carboxylic acids is 1. The van der Waals surface area contributed by atoms with E-state index in [0.29, 0.717) is 6.61 Å². The van der Waals surface area contributed by atoms with Crippen molar-refractivity contribution >= 4 is 6.09 Å². The van der Waals surface area contributed by atoms with E-state index in [4.69, 9.17) is 5.73 Å². The summed E-state index contributed by atoms with van der Waals surface area (Å²) in [5.41, 5.74) is 4.78. The summed E-state index contributed by atoms with van der Waals surface area (Å²) in [6, 6.07) is 0. The first kappa shape index (κ1) is 11.2. The summed E-state index contributed by atoms with van der Waals surface area (Å²) in [5, 5.41) is 3.07. The van der Waals surface area contributed by atoms with Crippen LogP contribution in [0.4, 0.5) is 4.79 Å². The Morgan fingerprint density at radius 2 is 2.00 bits per heavy atom. The fourth-order valence-corrected chi connectivity index (χ4v) is 0.930. The van der Waals surface area contributed by atoms with Gasteiger partial charge in [-0.05, 0) is 26.4 Å². The number of ether oxygens (including phenoxy) is 1. The van der Waals surface area contributed by atoms with Crippen molar-refractivity contribution in [2.24, 2.45) is 5.73 Å². The maximum Gasteiger partial charge on any atom is 0.404 e. The van der Waals surface area contributed by atoms with Crippen LogP contribution in [0.5, 0.6) is 0 Å². The standard InChI is InChI=1S/C8H18N2O2/c1-10-6-4-2-3-5-7-12-8(9)11/h10H,2-7H2,1H3,(H2,9,11). The largest absolute Gasteiger partial charge is 0.450 e. The van der Waals surface area contributed by atoms with Crippen molar-refractivity contribution < 1.29 is 9.53 Å². The highest BCUT2D eigenvalue weighted by atomic mass is 16.5. The molecular weight excluding hydrogens is 156 g/mol. The molecule has 1 amide bonds. The Morgan fingerprint density at radius 3 is 2.58 bits per heavy atom. The fraction of sp³-hybridized carbons (Fsp3) is 0.875. The van der Waals surface area contributed by atoms with Gasteiger partial charge in [0.05, 0.1) is 6.61 Å². The Balaban J connectivity index is 2.86. The molecule has 0 atom stereocenters. The van der Waals surface area contributed by atoms with E-state index >= 15 is 0 Å². The van der Waals surface area contributed by atoms with E-state index in [1.165, 1.54) is 12.8 Å². The van der Waals surface area contributed by atoms with Crippen molar-refractivity contribution in [2.75, 3.05) is 20.2 Å². The Morgan fingerprint density at radius 1 is 1.33 bits per heavy atom. The lowest BCUT2D eigenvalue weighted by molar-refractivity contribution is 0.154. The van der Waals surface area contributed by atoms with Gasteiger partial charge in [-0.1, -0.05) is 12.8 Å². The number of unbranched alkanes of at least 4 members (excludes halogenated alkanes) is 3. The van der Waals surface area contributed by atoms with Crippen LogP contribution in [0.3, 0.4) is 0 Å². The molecule has 0 heterocycles. The van der Waals surface area contributed by atoms with E-state index in [1.807, 2.05) is 7.05 Å². The predicted octanol–water partition coefficient (Wildman–Crippen LogP) is 0.861. The fourth-order valence-electron chi connectivity index (χ4n) is 0.930. The second-order valence-electron chi connectivity index (χ2n) is 2.69. The molecule has 72 valence electrons. The van der Waals surface area contributed by atoms with Crippen LogP contribution in [-0.4, -0.2) is 26.3 Å². The average Bonchev–Trinajstić information content (AvgIpc) is 2.02. The molecule has 0 spiro atoms. The van der Waals surface area contributed by atoms with Crippen molar-refractivity contribution in [1.82, 2.24) is 5.32 Å². The molecule has 0 aromatic heterocycles. The summed E-state index contributed by atoms with van der Waals surface area (Å²) in [4.78, 5) is 10.1. The number of nitrogens with two attached hydrogens (primary N) is 1. The Hall–Kier alpha value is -0.770. The van der Waals surface area contributed by atoms with Gasteiger partial charge in [-0.3, -0.25) is 0 Å². The molecule has 0 unspecified atom stereocenters. The highest BCUT2D eigenvalue weighted by molar-refractivity contribution is 5.64. The molecule has 12 heavy (non-hydrogen) atoms. The Kier molecular flexibility index (Phi) is 7.79. The summed E-state index contributed by atoms with van der Waals surface area (Å²) in [5.74, 6) is 0. The van der Waals surface area contributed by atoms with Crippen LogP contribution in [0.25, 0.3) is 0 Å². The maximum atomic E-state index is 10.1. The van der Waals surface area contributed by atoms with Gasteiger partial charge in [-0.15, -0.1) is 0 Å². The van der Waals surface area contributed by atoms with Crippen molar-refractivity contribution in [3.63, 3.8) is 0 Å². The molecule has 0 aromatic carbocycles. The lowest BCUT2D eigenvalue weighted by Gasteiger charge is -2.01. The molecule has 0 rings (SSSR count). The van der Waals surface area contributed by atoms with Crippen LogP contribution < -0.4 is 11.1 Å². The second-order valence-corrected chi connectivity index (χ2v) is 2.69. The smallest absolute Gasteiger partial charge is 0.404 e. The molecule has 0 saturated heterocycles. The van der Waals surface area contributed by atoms with Crippen LogP contribution in [0.1, 0.15) is 25.7 Å². The van der Waals surface area contributed by atoms with Crippen LogP contribution >= 0.6 is 0 Å². The van der Waals surface area contributed by atoms with E-state index in [2.05, 4.69) is 10.1 Å². The van der Waals surface area contributed by atoms with E-state index < -0.39 is 6.09 Å². The van der Waals surface area contributed by atoms with E-state index in [9.17, 15) is 4.79 Å². The molecule has 0 aliphatic carbocycles. The van der Waals surface area contributed by atoms with E-state index in [-0.39, 0.29) is 0 Å². The molecular formula is C8H18N2O2. The number of hydrogen-bond donors (Lipinski definition) is 2. The number of hydrogen-bond acceptors (Lipinski definition) is 3. The summed E-state index contributed by atoms with van der Waals surface area (Å²) in [6.07, 6.45) is 3.67. The first-order valence-corrected chi connectivity index (χ1v) is 4.34. The van der Waals surface area contributed by atoms with Crippen molar-refractivity contribution in [2.45, 2.75) is 25.7 Å². The molecule has 4 heteroatoms. The van der Waals surface area contributed by atoms with Crippen molar-refractivity contribution in [3.05, 3.63) is 0 Å². The molecule has 0 fully saturated rings. The van der Waals surface area contributed by atoms with Crippen molar-refractivity contribution in [1.29, 1.82) is 0 Å². The monoisotopic (exact) mass is 174 g/mol. The SMILES string of the molecule is CNCCCCCCOC(N)=O. The quantitative estimate of drug-likeness (QED) is 0.563. The third kappa shape index (κ3) is 9.23. The first-order valence-electron chi connectivity index (χ1n) is 4.34. The summed E-state index contributed by atoms with van der Waals surface area (Å²) in [7, 11) is 1.94. The topological polar surface area (TPSA) is 64.3 Å². The van der Waals surface area contributed by atoms with Crippen LogP contribution in [0.2, 0.25) is 0 Å². The molecule has 0 aromatic rings. The molecule has 0 aliphatic heterocycles. The van der Waals surface area contributed by atoms with Gasteiger partial charge < -0.3 is 15.8 Å². The lowest BCUT2D eigenvalue weighted by Crippen LogP contribution is -2.13. The number of rotatable bonds is 7. The summed E-state index contributed by atoms with van der Waals surface area (Å²) < 4.78 is 4.57. The molecule has 0 saturated carbocycles. The predicted molar refractivity (Wildman–Crippen MR) is 47.9 cm³/mol. The molecule has 0 bridgehead atoms. The zero-order valence-corrected chi connectivity index (χ0v) is 7.64. The Labute approximate surface area is 73.5 Å². The molecule has 0 radical (unpaired) electrons. The number of primary amides is 1. The number of amides is 1. The summed E-state index contributed by atoms with van der Waals surface area (Å²) in [6.45, 7) is 1.51.